The molecule has 1 aromatic carbocycles. The van der Waals surface area contributed by atoms with Crippen LogP contribution in [0.3, 0.4) is 0 Å². The molecule has 1 saturated carbocycles. The van der Waals surface area contributed by atoms with Crippen molar-refractivity contribution in [2.45, 2.75) is 31.6 Å². The summed E-state index contributed by atoms with van der Waals surface area (Å²) in [7, 11) is -4.08. The molecule has 0 spiro atoms. The van der Waals surface area contributed by atoms with Crippen molar-refractivity contribution in [3.63, 3.8) is 0 Å². The Morgan fingerprint density at radius 2 is 2.09 bits per heavy atom. The largest absolute Gasteiger partial charge is 0.384 e. The summed E-state index contributed by atoms with van der Waals surface area (Å²) in [6.07, 6.45) is 1.39. The van der Waals surface area contributed by atoms with E-state index in [9.17, 15) is 23.3 Å². The molecule has 0 radical (unpaired) electrons. The van der Waals surface area contributed by atoms with Gasteiger partial charge in [-0.15, -0.1) is 0 Å². The van der Waals surface area contributed by atoms with Crippen LogP contribution in [0.15, 0.2) is 23.1 Å². The zero-order valence-electron chi connectivity index (χ0n) is 12.9. The fourth-order valence-electron chi connectivity index (χ4n) is 2.21. The number of hydrogen-bond acceptors (Lipinski definition) is 6. The average Bonchev–Trinajstić information content (AvgIpc) is 3.21. The van der Waals surface area contributed by atoms with E-state index in [4.69, 9.17) is 0 Å². The molecule has 0 bridgehead atoms. The quantitative estimate of drug-likeness (QED) is 0.577. The van der Waals surface area contributed by atoms with Crippen LogP contribution in [0.5, 0.6) is 0 Å². The second-order valence-corrected chi connectivity index (χ2v) is 7.30. The van der Waals surface area contributed by atoms with Gasteiger partial charge in [0.2, 0.25) is 5.91 Å². The molecule has 1 aliphatic rings. The number of hydrogen-bond donors (Lipinski definition) is 2. The van der Waals surface area contributed by atoms with Gasteiger partial charge >= 0.3 is 0 Å². The minimum Gasteiger partial charge on any atom is -0.384 e. The lowest BCUT2D eigenvalue weighted by molar-refractivity contribution is -0.384. The van der Waals surface area contributed by atoms with Crippen LogP contribution in [0.2, 0.25) is 0 Å². The van der Waals surface area contributed by atoms with E-state index in [-0.39, 0.29) is 28.1 Å². The maximum absolute atomic E-state index is 12.4. The standard InChI is InChI=1S/C14H19N3O5S/c1-3-6-15-12-8-10(17(19)20)4-5-13(12)23(21,22)16-14(18)11-7-9(11)2/h4-5,8-9,11,15H,3,6-7H2,1-2H3,(H,16,18)/t9-,11+/m1/s1. The molecule has 2 rings (SSSR count). The Labute approximate surface area is 134 Å². The molecule has 0 aliphatic heterocycles. The van der Waals surface area contributed by atoms with Gasteiger partial charge in [-0.25, -0.2) is 13.1 Å². The predicted molar refractivity (Wildman–Crippen MR) is 84.5 cm³/mol. The monoisotopic (exact) mass is 341 g/mol. The highest BCUT2D eigenvalue weighted by Crippen LogP contribution is 2.38. The Hall–Kier alpha value is -2.16. The van der Waals surface area contributed by atoms with Crippen LogP contribution in [0.25, 0.3) is 0 Å². The number of carbonyl (C=O) groups is 1. The smallest absolute Gasteiger partial charge is 0.271 e. The molecule has 1 aliphatic carbocycles. The summed E-state index contributed by atoms with van der Waals surface area (Å²) in [6, 6.07) is 3.41. The van der Waals surface area contributed by atoms with Gasteiger partial charge in [-0.3, -0.25) is 14.9 Å². The molecule has 23 heavy (non-hydrogen) atoms. The van der Waals surface area contributed by atoms with Gasteiger partial charge in [0.1, 0.15) is 4.90 Å². The maximum atomic E-state index is 12.4. The third kappa shape index (κ3) is 3.98. The average molecular weight is 341 g/mol. The van der Waals surface area contributed by atoms with Crippen LogP contribution in [0.4, 0.5) is 11.4 Å². The highest BCUT2D eigenvalue weighted by Gasteiger charge is 2.41. The molecule has 1 amide bonds. The number of rotatable bonds is 7. The lowest BCUT2D eigenvalue weighted by atomic mass is 10.2. The molecular weight excluding hydrogens is 322 g/mol. The topological polar surface area (TPSA) is 118 Å². The summed E-state index contributed by atoms with van der Waals surface area (Å²) < 4.78 is 26.9. The van der Waals surface area contributed by atoms with E-state index in [1.807, 2.05) is 13.8 Å². The van der Waals surface area contributed by atoms with E-state index in [1.54, 1.807) is 0 Å². The highest BCUT2D eigenvalue weighted by molar-refractivity contribution is 7.90. The van der Waals surface area contributed by atoms with E-state index >= 15 is 0 Å². The zero-order valence-corrected chi connectivity index (χ0v) is 13.7. The maximum Gasteiger partial charge on any atom is 0.271 e. The van der Waals surface area contributed by atoms with Crippen molar-refractivity contribution >= 4 is 27.3 Å². The van der Waals surface area contributed by atoms with Gasteiger partial charge in [0, 0.05) is 24.6 Å². The molecular formula is C14H19N3O5S. The molecule has 2 atom stereocenters. The molecule has 0 heterocycles. The summed E-state index contributed by atoms with van der Waals surface area (Å²) in [5, 5.41) is 13.7. The number of nitro groups is 1. The summed E-state index contributed by atoms with van der Waals surface area (Å²) in [5.74, 6) is -0.632. The predicted octanol–water partition coefficient (Wildman–Crippen LogP) is 1.88. The number of non-ortho nitro benzene ring substituents is 1. The number of nitro benzene ring substituents is 1. The fraction of sp³-hybridized carbons (Fsp3) is 0.500. The van der Waals surface area contributed by atoms with Crippen LogP contribution in [0, 0.1) is 22.0 Å². The van der Waals surface area contributed by atoms with Crippen LogP contribution in [-0.4, -0.2) is 25.8 Å². The minimum atomic E-state index is -4.08. The summed E-state index contributed by atoms with van der Waals surface area (Å²) in [5.41, 5.74) is -0.102. The van der Waals surface area contributed by atoms with Crippen LogP contribution < -0.4 is 10.0 Å². The second kappa shape index (κ2) is 6.53. The summed E-state index contributed by atoms with van der Waals surface area (Å²) in [6.45, 7) is 4.21. The van der Waals surface area contributed by atoms with Crippen molar-refractivity contribution in [2.24, 2.45) is 11.8 Å². The minimum absolute atomic E-state index is 0.116. The number of nitrogens with one attached hydrogen (secondary N) is 2. The Balaban J connectivity index is 2.31. The molecule has 0 unspecified atom stereocenters. The fourth-order valence-corrected chi connectivity index (χ4v) is 3.41. The molecule has 2 N–H and O–H groups in total. The van der Waals surface area contributed by atoms with Crippen molar-refractivity contribution in [3.05, 3.63) is 28.3 Å². The first kappa shape index (κ1) is 17.2. The number of benzene rings is 1. The first-order valence-electron chi connectivity index (χ1n) is 7.35. The SMILES string of the molecule is CCCNc1cc([N+](=O)[O-])ccc1S(=O)(=O)NC(=O)[C@H]1C[C@H]1C. The highest BCUT2D eigenvalue weighted by atomic mass is 32.2. The zero-order chi connectivity index (χ0) is 17.2. The first-order chi connectivity index (χ1) is 10.8. The first-order valence-corrected chi connectivity index (χ1v) is 8.83. The summed E-state index contributed by atoms with van der Waals surface area (Å²) in [4.78, 5) is 22.0. The van der Waals surface area contributed by atoms with Crippen molar-refractivity contribution in [1.82, 2.24) is 4.72 Å². The van der Waals surface area contributed by atoms with Crippen LogP contribution >= 0.6 is 0 Å². The Kier molecular flexibility index (Phi) is 4.88. The van der Waals surface area contributed by atoms with Gasteiger partial charge < -0.3 is 5.32 Å². The third-order valence-corrected chi connectivity index (χ3v) is 5.12. The molecule has 0 aromatic heterocycles. The summed E-state index contributed by atoms with van der Waals surface area (Å²) >= 11 is 0. The Morgan fingerprint density at radius 3 is 2.61 bits per heavy atom. The van der Waals surface area contributed by atoms with Gasteiger partial charge in [-0.2, -0.15) is 0 Å². The second-order valence-electron chi connectivity index (χ2n) is 5.65. The lowest BCUT2D eigenvalue weighted by Gasteiger charge is -2.12. The van der Waals surface area contributed by atoms with Gasteiger partial charge in [0.05, 0.1) is 10.6 Å². The number of amides is 1. The van der Waals surface area contributed by atoms with Crippen molar-refractivity contribution in [3.8, 4) is 0 Å². The Bertz CT molecular complexity index is 732. The van der Waals surface area contributed by atoms with Crippen molar-refractivity contribution in [2.75, 3.05) is 11.9 Å². The lowest BCUT2D eigenvalue weighted by Crippen LogP contribution is -2.32. The van der Waals surface area contributed by atoms with Gasteiger partial charge in [0.25, 0.3) is 15.7 Å². The van der Waals surface area contributed by atoms with Crippen LogP contribution in [-0.2, 0) is 14.8 Å². The van der Waals surface area contributed by atoms with Gasteiger partial charge in [-0.05, 0) is 24.8 Å². The molecule has 1 aromatic rings. The number of anilines is 1. The Morgan fingerprint density at radius 1 is 1.43 bits per heavy atom. The van der Waals surface area contributed by atoms with E-state index in [0.717, 1.165) is 18.2 Å². The normalized spacial score (nSPS) is 19.9. The molecule has 1 fully saturated rings. The van der Waals surface area contributed by atoms with E-state index < -0.39 is 20.9 Å². The number of nitrogens with zero attached hydrogens (tertiary/aromatic N) is 1. The van der Waals surface area contributed by atoms with Gasteiger partial charge in [0.15, 0.2) is 0 Å². The molecule has 126 valence electrons. The molecule has 8 nitrogen and oxygen atoms in total. The third-order valence-electron chi connectivity index (χ3n) is 3.71. The number of carbonyl (C=O) groups excluding carboxylic acids is 1. The van der Waals surface area contributed by atoms with E-state index in [1.165, 1.54) is 0 Å². The van der Waals surface area contributed by atoms with E-state index in [0.29, 0.717) is 19.4 Å². The molecule has 9 heteroatoms. The van der Waals surface area contributed by atoms with Crippen molar-refractivity contribution < 1.29 is 18.1 Å². The van der Waals surface area contributed by atoms with Crippen LogP contribution in [0.1, 0.15) is 26.7 Å². The van der Waals surface area contributed by atoms with E-state index in [2.05, 4.69) is 10.0 Å². The van der Waals surface area contributed by atoms with Crippen molar-refractivity contribution in [1.29, 1.82) is 0 Å². The number of sulfonamides is 1. The van der Waals surface area contributed by atoms with Gasteiger partial charge in [-0.1, -0.05) is 13.8 Å². The molecule has 0 saturated heterocycles.